The fourth-order valence-electron chi connectivity index (χ4n) is 2.19. The van der Waals surface area contributed by atoms with Gasteiger partial charge in [0.1, 0.15) is 5.01 Å². The summed E-state index contributed by atoms with van der Waals surface area (Å²) in [5, 5.41) is 11.6. The smallest absolute Gasteiger partial charge is 0.224 e. The SMILES string of the molecule is Nc1nnc(CNC(=O)[C@@H]2C[C@H]2c2ccccc2)s1. The second kappa shape index (κ2) is 4.97. The number of nitrogens with two attached hydrogens (primary N) is 1. The molecule has 1 saturated carbocycles. The van der Waals surface area contributed by atoms with Crippen molar-refractivity contribution in [2.24, 2.45) is 5.92 Å². The van der Waals surface area contributed by atoms with Crippen LogP contribution in [0.5, 0.6) is 0 Å². The maximum Gasteiger partial charge on any atom is 0.224 e. The average Bonchev–Trinajstić information content (AvgIpc) is 3.14. The van der Waals surface area contributed by atoms with Crippen LogP contribution in [-0.2, 0) is 11.3 Å². The van der Waals surface area contributed by atoms with Crippen LogP contribution in [0.4, 0.5) is 5.13 Å². The molecule has 1 aliphatic rings. The Hall–Kier alpha value is -1.95. The largest absolute Gasteiger partial charge is 0.374 e. The molecule has 3 rings (SSSR count). The molecular weight excluding hydrogens is 260 g/mol. The normalized spacial score (nSPS) is 21.1. The molecule has 6 heteroatoms. The third-order valence-electron chi connectivity index (χ3n) is 3.25. The zero-order valence-corrected chi connectivity index (χ0v) is 11.1. The number of anilines is 1. The highest BCUT2D eigenvalue weighted by molar-refractivity contribution is 7.15. The van der Waals surface area contributed by atoms with Crippen molar-refractivity contribution in [1.29, 1.82) is 0 Å². The van der Waals surface area contributed by atoms with Gasteiger partial charge in [0, 0.05) is 5.92 Å². The number of amides is 1. The highest BCUT2D eigenvalue weighted by atomic mass is 32.1. The van der Waals surface area contributed by atoms with Gasteiger partial charge in [0.2, 0.25) is 11.0 Å². The zero-order chi connectivity index (χ0) is 13.2. The molecule has 1 aliphatic carbocycles. The molecule has 1 heterocycles. The van der Waals surface area contributed by atoms with E-state index >= 15 is 0 Å². The quantitative estimate of drug-likeness (QED) is 0.886. The molecule has 1 fully saturated rings. The van der Waals surface area contributed by atoms with E-state index in [4.69, 9.17) is 5.73 Å². The fourth-order valence-corrected chi connectivity index (χ4v) is 2.73. The third kappa shape index (κ3) is 2.73. The summed E-state index contributed by atoms with van der Waals surface area (Å²) in [5.41, 5.74) is 6.73. The fraction of sp³-hybridized carbons (Fsp3) is 0.308. The number of nitrogens with zero attached hydrogens (tertiary/aromatic N) is 2. The van der Waals surface area contributed by atoms with E-state index in [9.17, 15) is 4.79 Å². The van der Waals surface area contributed by atoms with E-state index in [0.29, 0.717) is 17.6 Å². The Balaban J connectivity index is 1.53. The highest BCUT2D eigenvalue weighted by Crippen LogP contribution is 2.47. The lowest BCUT2D eigenvalue weighted by Gasteiger charge is -2.02. The Morgan fingerprint density at radius 3 is 2.84 bits per heavy atom. The van der Waals surface area contributed by atoms with Gasteiger partial charge < -0.3 is 11.1 Å². The van der Waals surface area contributed by atoms with Gasteiger partial charge in [-0.25, -0.2) is 0 Å². The Morgan fingerprint density at radius 2 is 2.16 bits per heavy atom. The minimum absolute atomic E-state index is 0.0858. The van der Waals surface area contributed by atoms with E-state index in [1.807, 2.05) is 18.2 Å². The maximum atomic E-state index is 12.0. The van der Waals surface area contributed by atoms with E-state index in [0.717, 1.165) is 11.4 Å². The Labute approximate surface area is 114 Å². The molecule has 0 spiro atoms. The molecule has 0 saturated heterocycles. The Kier molecular flexibility index (Phi) is 3.16. The molecule has 2 aromatic rings. The standard InChI is InChI=1S/C13H14N4OS/c14-13-17-16-11(19-13)7-15-12(18)10-6-9(10)8-4-2-1-3-5-8/h1-5,9-10H,6-7H2,(H2,14,17)(H,15,18)/t9-,10+/m0/s1. The van der Waals surface area contributed by atoms with Crippen molar-refractivity contribution in [2.75, 3.05) is 5.73 Å². The van der Waals surface area contributed by atoms with E-state index in [1.165, 1.54) is 16.9 Å². The molecule has 0 aliphatic heterocycles. The van der Waals surface area contributed by atoms with Gasteiger partial charge in [-0.2, -0.15) is 0 Å². The van der Waals surface area contributed by atoms with Crippen molar-refractivity contribution in [3.05, 3.63) is 40.9 Å². The highest BCUT2D eigenvalue weighted by Gasteiger charge is 2.43. The van der Waals surface area contributed by atoms with Crippen LogP contribution < -0.4 is 11.1 Å². The molecule has 5 nitrogen and oxygen atoms in total. The van der Waals surface area contributed by atoms with Gasteiger partial charge in [0.15, 0.2) is 0 Å². The van der Waals surface area contributed by atoms with Gasteiger partial charge in [-0.3, -0.25) is 4.79 Å². The minimum atomic E-state index is 0.0858. The first-order valence-corrected chi connectivity index (χ1v) is 6.96. The molecular formula is C13H14N4OS. The molecule has 1 aromatic carbocycles. The number of nitrogens with one attached hydrogen (secondary N) is 1. The second-order valence-electron chi connectivity index (χ2n) is 4.61. The van der Waals surface area contributed by atoms with Gasteiger partial charge in [0.05, 0.1) is 6.54 Å². The van der Waals surface area contributed by atoms with E-state index in [-0.39, 0.29) is 11.8 Å². The summed E-state index contributed by atoms with van der Waals surface area (Å²) in [6.45, 7) is 0.408. The van der Waals surface area contributed by atoms with Crippen LogP contribution in [-0.4, -0.2) is 16.1 Å². The summed E-state index contributed by atoms with van der Waals surface area (Å²) >= 11 is 1.30. The molecule has 0 radical (unpaired) electrons. The van der Waals surface area contributed by atoms with E-state index in [1.54, 1.807) is 0 Å². The van der Waals surface area contributed by atoms with Crippen molar-refractivity contribution in [3.63, 3.8) is 0 Å². The molecule has 0 unspecified atom stereocenters. The second-order valence-corrected chi connectivity index (χ2v) is 5.70. The number of nitrogen functional groups attached to an aromatic ring is 1. The van der Waals surface area contributed by atoms with Crippen LogP contribution in [0.2, 0.25) is 0 Å². The van der Waals surface area contributed by atoms with Crippen LogP contribution in [0.3, 0.4) is 0 Å². The van der Waals surface area contributed by atoms with Crippen molar-refractivity contribution in [1.82, 2.24) is 15.5 Å². The number of hydrogen-bond acceptors (Lipinski definition) is 5. The molecule has 1 aromatic heterocycles. The minimum Gasteiger partial charge on any atom is -0.374 e. The molecule has 98 valence electrons. The van der Waals surface area contributed by atoms with Crippen molar-refractivity contribution in [3.8, 4) is 0 Å². The summed E-state index contributed by atoms with van der Waals surface area (Å²) in [4.78, 5) is 12.0. The van der Waals surface area contributed by atoms with E-state index in [2.05, 4.69) is 27.6 Å². The number of carbonyl (C=O) groups excluding carboxylic acids is 1. The van der Waals surface area contributed by atoms with Gasteiger partial charge in [-0.05, 0) is 17.9 Å². The van der Waals surface area contributed by atoms with Gasteiger partial charge in [0.25, 0.3) is 0 Å². The lowest BCUT2D eigenvalue weighted by atomic mass is 10.1. The number of hydrogen-bond donors (Lipinski definition) is 2. The number of rotatable bonds is 4. The maximum absolute atomic E-state index is 12.0. The number of aromatic nitrogens is 2. The summed E-state index contributed by atoms with van der Waals surface area (Å²) in [6, 6.07) is 10.1. The molecule has 0 bridgehead atoms. The van der Waals surface area contributed by atoms with Gasteiger partial charge in [-0.1, -0.05) is 41.7 Å². The van der Waals surface area contributed by atoms with E-state index < -0.39 is 0 Å². The first-order chi connectivity index (χ1) is 9.24. The van der Waals surface area contributed by atoms with Crippen LogP contribution in [0.25, 0.3) is 0 Å². The van der Waals surface area contributed by atoms with Crippen LogP contribution in [0.1, 0.15) is 22.9 Å². The first kappa shape index (κ1) is 12.1. The van der Waals surface area contributed by atoms with Crippen molar-refractivity contribution in [2.45, 2.75) is 18.9 Å². The topological polar surface area (TPSA) is 80.9 Å². The Morgan fingerprint density at radius 1 is 1.37 bits per heavy atom. The molecule has 3 N–H and O–H groups in total. The summed E-state index contributed by atoms with van der Waals surface area (Å²) in [7, 11) is 0. The summed E-state index contributed by atoms with van der Waals surface area (Å²) in [6.07, 6.45) is 0.925. The molecule has 19 heavy (non-hydrogen) atoms. The lowest BCUT2D eigenvalue weighted by molar-refractivity contribution is -0.122. The Bertz CT molecular complexity index is 583. The van der Waals surface area contributed by atoms with Crippen LogP contribution in [0.15, 0.2) is 30.3 Å². The van der Waals surface area contributed by atoms with Crippen molar-refractivity contribution >= 4 is 22.4 Å². The molecule has 1 amide bonds. The van der Waals surface area contributed by atoms with Crippen LogP contribution in [0, 0.1) is 5.92 Å². The number of carbonyl (C=O) groups is 1. The predicted octanol–water partition coefficient (Wildman–Crippen LogP) is 1.54. The summed E-state index contributed by atoms with van der Waals surface area (Å²) in [5.74, 6) is 0.538. The van der Waals surface area contributed by atoms with Crippen LogP contribution >= 0.6 is 11.3 Å². The third-order valence-corrected chi connectivity index (χ3v) is 4.00. The lowest BCUT2D eigenvalue weighted by Crippen LogP contribution is -2.24. The van der Waals surface area contributed by atoms with Gasteiger partial charge >= 0.3 is 0 Å². The number of benzene rings is 1. The first-order valence-electron chi connectivity index (χ1n) is 6.14. The average molecular weight is 274 g/mol. The predicted molar refractivity (Wildman–Crippen MR) is 73.5 cm³/mol. The summed E-state index contributed by atoms with van der Waals surface area (Å²) < 4.78 is 0. The molecule has 2 atom stereocenters. The zero-order valence-electron chi connectivity index (χ0n) is 10.2. The van der Waals surface area contributed by atoms with Crippen molar-refractivity contribution < 1.29 is 4.79 Å². The monoisotopic (exact) mass is 274 g/mol. The van der Waals surface area contributed by atoms with Gasteiger partial charge in [-0.15, -0.1) is 10.2 Å².